The second-order valence-corrected chi connectivity index (χ2v) is 7.74. The first-order chi connectivity index (χ1) is 12.3. The van der Waals surface area contributed by atoms with E-state index in [2.05, 4.69) is 0 Å². The largest absolute Gasteiger partial charge is 0.497 e. The van der Waals surface area contributed by atoms with Crippen LogP contribution in [0.25, 0.3) is 0 Å². The van der Waals surface area contributed by atoms with Crippen LogP contribution in [0, 0.1) is 0 Å². The van der Waals surface area contributed by atoms with Gasteiger partial charge in [-0.3, -0.25) is 13.9 Å². The van der Waals surface area contributed by atoms with E-state index in [1.165, 1.54) is 20.3 Å². The number of nitrogens with zero attached hydrogens (tertiary/aromatic N) is 3. The molecule has 1 fully saturated rings. The zero-order chi connectivity index (χ0) is 19.3. The molecule has 1 aliphatic heterocycles. The van der Waals surface area contributed by atoms with Gasteiger partial charge < -0.3 is 19.3 Å². The summed E-state index contributed by atoms with van der Waals surface area (Å²) in [4.78, 5) is 26.5. The van der Waals surface area contributed by atoms with E-state index >= 15 is 0 Å². The summed E-state index contributed by atoms with van der Waals surface area (Å²) in [5.41, 5.74) is 0.231. The predicted octanol–water partition coefficient (Wildman–Crippen LogP) is -0.230. The monoisotopic (exact) mass is 385 g/mol. The highest BCUT2D eigenvalue weighted by molar-refractivity contribution is 7.92. The molecule has 0 saturated carbocycles. The van der Waals surface area contributed by atoms with Crippen molar-refractivity contribution >= 4 is 28.0 Å². The number of rotatable bonds is 7. The molecule has 0 unspecified atom stereocenters. The van der Waals surface area contributed by atoms with Gasteiger partial charge in [-0.2, -0.15) is 0 Å². The first-order valence-corrected chi connectivity index (χ1v) is 9.82. The quantitative estimate of drug-likeness (QED) is 0.602. The van der Waals surface area contributed by atoms with Crippen molar-refractivity contribution in [2.75, 3.05) is 57.5 Å². The number of piperazine rings is 1. The highest BCUT2D eigenvalue weighted by Gasteiger charge is 2.28. The van der Waals surface area contributed by atoms with E-state index in [1.54, 1.807) is 21.9 Å². The molecular weight excluding hydrogens is 362 g/mol. The van der Waals surface area contributed by atoms with Gasteiger partial charge >= 0.3 is 0 Å². The van der Waals surface area contributed by atoms with E-state index in [1.807, 2.05) is 0 Å². The predicted molar refractivity (Wildman–Crippen MR) is 96.0 cm³/mol. The number of ether oxygens (including phenoxy) is 2. The summed E-state index contributed by atoms with van der Waals surface area (Å²) in [6, 6.07) is 4.74. The standard InChI is InChI=1S/C16H23N3O6S/c1-24-13-4-5-15(25-2)14(10-13)19(26(3,22)23)11-16(21)18-8-6-17(12-20)7-9-18/h4-5,10,12H,6-9,11H2,1-3H3. The van der Waals surface area contributed by atoms with E-state index in [0.29, 0.717) is 37.7 Å². The molecule has 144 valence electrons. The normalized spacial score (nSPS) is 14.7. The van der Waals surface area contributed by atoms with Gasteiger partial charge in [-0.1, -0.05) is 0 Å². The third-order valence-corrected chi connectivity index (χ3v) is 5.28. The number of anilines is 1. The number of hydrogen-bond donors (Lipinski definition) is 0. The number of benzene rings is 1. The van der Waals surface area contributed by atoms with Crippen molar-refractivity contribution in [2.45, 2.75) is 0 Å². The van der Waals surface area contributed by atoms with Crippen LogP contribution in [-0.4, -0.2) is 83.7 Å². The third-order valence-electron chi connectivity index (χ3n) is 4.15. The molecule has 2 rings (SSSR count). The van der Waals surface area contributed by atoms with Crippen LogP contribution >= 0.6 is 0 Å². The van der Waals surface area contributed by atoms with Crippen LogP contribution in [-0.2, 0) is 19.6 Å². The van der Waals surface area contributed by atoms with Crippen molar-refractivity contribution in [1.29, 1.82) is 0 Å². The first kappa shape index (κ1) is 19.8. The molecule has 1 aromatic rings. The average Bonchev–Trinajstić information content (AvgIpc) is 2.64. The van der Waals surface area contributed by atoms with Gasteiger partial charge in [-0.15, -0.1) is 0 Å². The molecule has 0 aliphatic carbocycles. The summed E-state index contributed by atoms with van der Waals surface area (Å²) in [5.74, 6) is 0.419. The number of hydrogen-bond acceptors (Lipinski definition) is 6. The summed E-state index contributed by atoms with van der Waals surface area (Å²) < 4.78 is 36.0. The van der Waals surface area contributed by atoms with Gasteiger partial charge in [0.25, 0.3) is 0 Å². The Morgan fingerprint density at radius 2 is 1.85 bits per heavy atom. The molecule has 1 saturated heterocycles. The fraction of sp³-hybridized carbons (Fsp3) is 0.500. The van der Waals surface area contributed by atoms with Gasteiger partial charge in [0.15, 0.2) is 0 Å². The van der Waals surface area contributed by atoms with Gasteiger partial charge in [0, 0.05) is 32.2 Å². The number of carbonyl (C=O) groups excluding carboxylic acids is 2. The highest BCUT2D eigenvalue weighted by atomic mass is 32.2. The minimum Gasteiger partial charge on any atom is -0.497 e. The lowest BCUT2D eigenvalue weighted by atomic mass is 10.2. The van der Waals surface area contributed by atoms with Crippen molar-refractivity contribution in [1.82, 2.24) is 9.80 Å². The molecule has 9 nitrogen and oxygen atoms in total. The lowest BCUT2D eigenvalue weighted by Crippen LogP contribution is -2.51. The fourth-order valence-corrected chi connectivity index (χ4v) is 3.52. The molecule has 0 radical (unpaired) electrons. The van der Waals surface area contributed by atoms with Crippen LogP contribution < -0.4 is 13.8 Å². The van der Waals surface area contributed by atoms with Crippen LogP contribution in [0.5, 0.6) is 11.5 Å². The van der Waals surface area contributed by atoms with Gasteiger partial charge in [0.05, 0.1) is 26.2 Å². The summed E-state index contributed by atoms with van der Waals surface area (Å²) in [7, 11) is -0.852. The number of carbonyl (C=O) groups is 2. The molecule has 0 bridgehead atoms. The Kier molecular flexibility index (Phi) is 6.30. The summed E-state index contributed by atoms with van der Waals surface area (Å²) in [6.07, 6.45) is 1.77. The van der Waals surface area contributed by atoms with Crippen LogP contribution in [0.3, 0.4) is 0 Å². The highest BCUT2D eigenvalue weighted by Crippen LogP contribution is 2.33. The Balaban J connectivity index is 2.27. The van der Waals surface area contributed by atoms with Crippen LogP contribution in [0.15, 0.2) is 18.2 Å². The van der Waals surface area contributed by atoms with Crippen molar-refractivity contribution in [3.8, 4) is 11.5 Å². The van der Waals surface area contributed by atoms with E-state index in [-0.39, 0.29) is 18.1 Å². The maximum atomic E-state index is 12.6. The lowest BCUT2D eigenvalue weighted by Gasteiger charge is -2.34. The SMILES string of the molecule is COc1ccc(OC)c(N(CC(=O)N2CCN(C=O)CC2)S(C)(=O)=O)c1. The summed E-state index contributed by atoms with van der Waals surface area (Å²) >= 11 is 0. The van der Waals surface area contributed by atoms with E-state index < -0.39 is 10.0 Å². The van der Waals surface area contributed by atoms with Crippen molar-refractivity contribution in [3.63, 3.8) is 0 Å². The molecule has 2 amide bonds. The lowest BCUT2D eigenvalue weighted by molar-refractivity contribution is -0.133. The van der Waals surface area contributed by atoms with Crippen LogP contribution in [0.4, 0.5) is 5.69 Å². The minimum absolute atomic E-state index is 0.231. The Bertz CT molecular complexity index is 759. The molecule has 10 heteroatoms. The molecule has 1 aliphatic rings. The minimum atomic E-state index is -3.74. The van der Waals surface area contributed by atoms with E-state index in [9.17, 15) is 18.0 Å². The Morgan fingerprint density at radius 1 is 1.19 bits per heavy atom. The van der Waals surface area contributed by atoms with Gasteiger partial charge in [0.1, 0.15) is 18.0 Å². The molecule has 1 heterocycles. The molecule has 0 spiro atoms. The first-order valence-electron chi connectivity index (χ1n) is 7.97. The van der Waals surface area contributed by atoms with Gasteiger partial charge in [-0.25, -0.2) is 8.42 Å². The van der Waals surface area contributed by atoms with Crippen molar-refractivity contribution in [2.24, 2.45) is 0 Å². The van der Waals surface area contributed by atoms with Crippen LogP contribution in [0.1, 0.15) is 0 Å². The Hall–Kier alpha value is -2.49. The van der Waals surface area contributed by atoms with E-state index in [0.717, 1.165) is 17.0 Å². The zero-order valence-corrected chi connectivity index (χ0v) is 15.9. The Labute approximate surface area is 153 Å². The maximum absolute atomic E-state index is 12.6. The zero-order valence-electron chi connectivity index (χ0n) is 15.0. The molecular formula is C16H23N3O6S. The van der Waals surface area contributed by atoms with E-state index in [4.69, 9.17) is 9.47 Å². The second kappa shape index (κ2) is 8.26. The van der Waals surface area contributed by atoms with Crippen molar-refractivity contribution < 1.29 is 27.5 Å². The average molecular weight is 385 g/mol. The van der Waals surface area contributed by atoms with Crippen LogP contribution in [0.2, 0.25) is 0 Å². The maximum Gasteiger partial charge on any atom is 0.243 e. The number of amides is 2. The second-order valence-electron chi connectivity index (χ2n) is 5.83. The molecule has 0 aromatic heterocycles. The molecule has 26 heavy (non-hydrogen) atoms. The molecule has 0 N–H and O–H groups in total. The number of methoxy groups -OCH3 is 2. The fourth-order valence-electron chi connectivity index (χ4n) is 2.67. The summed E-state index contributed by atoms with van der Waals surface area (Å²) in [6.45, 7) is 1.23. The van der Waals surface area contributed by atoms with Crippen molar-refractivity contribution in [3.05, 3.63) is 18.2 Å². The number of sulfonamides is 1. The summed E-state index contributed by atoms with van der Waals surface area (Å²) in [5, 5.41) is 0. The van der Waals surface area contributed by atoms with Gasteiger partial charge in [-0.05, 0) is 12.1 Å². The topological polar surface area (TPSA) is 96.5 Å². The van der Waals surface area contributed by atoms with Gasteiger partial charge in [0.2, 0.25) is 22.3 Å². The molecule has 0 atom stereocenters. The third kappa shape index (κ3) is 4.57. The smallest absolute Gasteiger partial charge is 0.243 e. The Morgan fingerprint density at radius 3 is 2.35 bits per heavy atom. The molecule has 1 aromatic carbocycles.